The second kappa shape index (κ2) is 8.97. The highest BCUT2D eigenvalue weighted by Gasteiger charge is 2.39. The third-order valence-electron chi connectivity index (χ3n) is 6.24. The molecule has 10 nitrogen and oxygen atoms in total. The molecule has 2 fully saturated rings. The van der Waals surface area contributed by atoms with Gasteiger partial charge in [-0.15, -0.1) is 4.40 Å². The Kier molecular flexibility index (Phi) is 6.44. The number of carbonyl (C=O) groups is 2. The molecule has 1 atom stereocenters. The average molecular weight is 486 g/mol. The van der Waals surface area contributed by atoms with Crippen LogP contribution in [0.5, 0.6) is 0 Å². The van der Waals surface area contributed by atoms with Crippen LogP contribution in [0.4, 0.5) is 0 Å². The predicted molar refractivity (Wildman–Crippen MR) is 117 cm³/mol. The fourth-order valence-corrected chi connectivity index (χ4v) is 7.35. The molecule has 1 saturated heterocycles. The van der Waals surface area contributed by atoms with Gasteiger partial charge in [-0.25, -0.2) is 21.6 Å². The summed E-state index contributed by atoms with van der Waals surface area (Å²) in [5.41, 5.74) is 0.184. The van der Waals surface area contributed by atoms with Gasteiger partial charge in [-0.1, -0.05) is 19.3 Å². The zero-order valence-corrected chi connectivity index (χ0v) is 19.3. The standard InChI is InChI=1S/C20H27N3O7S2/c24-19(23(16-4-2-1-3-5-16)17-8-10-31(26,27)14-17)13-30-20(25)15-6-7-18-21-32(28,29)11-9-22(18)12-15/h6-7,12,16-17H,1-5,8-11,13-14H2. The lowest BCUT2D eigenvalue weighted by Crippen LogP contribution is -2.50. The van der Waals surface area contributed by atoms with E-state index in [1.165, 1.54) is 18.4 Å². The van der Waals surface area contributed by atoms with Gasteiger partial charge in [0.25, 0.3) is 15.9 Å². The SMILES string of the molecule is O=C(OCC(=O)N(C1CCCCC1)C1CCS(=O)(=O)C1)C1=CN2CCS(=O)(=O)N=C2C=C1. The van der Waals surface area contributed by atoms with Crippen molar-refractivity contribution < 1.29 is 31.2 Å². The summed E-state index contributed by atoms with van der Waals surface area (Å²) in [5, 5.41) is 0. The highest BCUT2D eigenvalue weighted by molar-refractivity contribution is 7.91. The van der Waals surface area contributed by atoms with Crippen LogP contribution in [0.25, 0.3) is 0 Å². The molecule has 0 aromatic heterocycles. The first-order valence-corrected chi connectivity index (χ1v) is 14.2. The molecule has 4 rings (SSSR count). The van der Waals surface area contributed by atoms with Crippen molar-refractivity contribution >= 4 is 37.6 Å². The third-order valence-corrected chi connectivity index (χ3v) is 9.16. The van der Waals surface area contributed by atoms with Gasteiger partial charge < -0.3 is 14.5 Å². The molecule has 176 valence electrons. The number of amidine groups is 1. The summed E-state index contributed by atoms with van der Waals surface area (Å²) >= 11 is 0. The van der Waals surface area contributed by atoms with Gasteiger partial charge in [-0.3, -0.25) is 4.79 Å². The second-order valence-electron chi connectivity index (χ2n) is 8.57. The van der Waals surface area contributed by atoms with E-state index in [0.717, 1.165) is 32.1 Å². The van der Waals surface area contributed by atoms with Crippen LogP contribution in [0.1, 0.15) is 38.5 Å². The van der Waals surface area contributed by atoms with Gasteiger partial charge in [0.1, 0.15) is 5.84 Å². The summed E-state index contributed by atoms with van der Waals surface area (Å²) in [7, 11) is -6.65. The average Bonchev–Trinajstić information content (AvgIpc) is 3.11. The number of rotatable bonds is 5. The van der Waals surface area contributed by atoms with Crippen LogP contribution < -0.4 is 0 Å². The number of hydrogen-bond donors (Lipinski definition) is 0. The molecule has 1 aliphatic carbocycles. The fraction of sp³-hybridized carbons (Fsp3) is 0.650. The number of amides is 1. The van der Waals surface area contributed by atoms with Gasteiger partial charge in [-0.05, 0) is 31.4 Å². The molecular weight excluding hydrogens is 458 g/mol. The Bertz CT molecular complexity index is 1090. The Hall–Kier alpha value is -2.21. The topological polar surface area (TPSA) is 130 Å². The van der Waals surface area contributed by atoms with E-state index in [1.54, 1.807) is 9.80 Å². The zero-order valence-electron chi connectivity index (χ0n) is 17.7. The normalized spacial score (nSPS) is 26.6. The second-order valence-corrected chi connectivity index (χ2v) is 12.6. The quantitative estimate of drug-likeness (QED) is 0.511. The fourth-order valence-electron chi connectivity index (χ4n) is 4.67. The van der Waals surface area contributed by atoms with Gasteiger partial charge in [0, 0.05) is 24.8 Å². The van der Waals surface area contributed by atoms with Crippen LogP contribution in [-0.2, 0) is 34.2 Å². The predicted octanol–water partition coefficient (Wildman–Crippen LogP) is 0.376. The Morgan fingerprint density at radius 3 is 2.47 bits per heavy atom. The molecule has 3 aliphatic heterocycles. The van der Waals surface area contributed by atoms with Crippen molar-refractivity contribution in [3.8, 4) is 0 Å². The molecule has 0 aromatic rings. The molecule has 1 saturated carbocycles. The number of nitrogens with zero attached hydrogens (tertiary/aromatic N) is 3. The van der Waals surface area contributed by atoms with Crippen molar-refractivity contribution in [1.29, 1.82) is 0 Å². The lowest BCUT2D eigenvalue weighted by atomic mass is 9.93. The van der Waals surface area contributed by atoms with E-state index in [-0.39, 0.29) is 53.2 Å². The van der Waals surface area contributed by atoms with Crippen LogP contribution in [0, 0.1) is 0 Å². The van der Waals surface area contributed by atoms with Crippen molar-refractivity contribution in [2.75, 3.05) is 30.4 Å². The molecule has 0 spiro atoms. The first-order chi connectivity index (χ1) is 15.1. The maximum absolute atomic E-state index is 13.0. The van der Waals surface area contributed by atoms with Gasteiger partial charge in [0.2, 0.25) is 0 Å². The molecule has 1 unspecified atom stereocenters. The number of sulfone groups is 1. The molecule has 32 heavy (non-hydrogen) atoms. The van der Waals surface area contributed by atoms with Crippen LogP contribution in [0.3, 0.4) is 0 Å². The van der Waals surface area contributed by atoms with E-state index in [2.05, 4.69) is 4.40 Å². The molecule has 0 radical (unpaired) electrons. The molecule has 12 heteroatoms. The van der Waals surface area contributed by atoms with Crippen LogP contribution >= 0.6 is 0 Å². The minimum absolute atomic E-state index is 0.0314. The van der Waals surface area contributed by atoms with Gasteiger partial charge in [0.15, 0.2) is 16.4 Å². The number of esters is 1. The summed E-state index contributed by atoms with van der Waals surface area (Å²) in [5.74, 6) is -0.973. The van der Waals surface area contributed by atoms with Gasteiger partial charge >= 0.3 is 5.97 Å². The monoisotopic (exact) mass is 485 g/mol. The van der Waals surface area contributed by atoms with Gasteiger partial charge in [-0.2, -0.15) is 0 Å². The van der Waals surface area contributed by atoms with Gasteiger partial charge in [0.05, 0.1) is 22.8 Å². The van der Waals surface area contributed by atoms with E-state index in [4.69, 9.17) is 4.74 Å². The minimum atomic E-state index is -3.49. The summed E-state index contributed by atoms with van der Waals surface area (Å²) in [6, 6.07) is -0.409. The smallest absolute Gasteiger partial charge is 0.340 e. The number of carbonyl (C=O) groups excluding carboxylic acids is 2. The molecule has 0 aromatic carbocycles. The van der Waals surface area contributed by atoms with Crippen molar-refractivity contribution in [2.45, 2.75) is 50.6 Å². The molecule has 0 N–H and O–H groups in total. The summed E-state index contributed by atoms with van der Waals surface area (Å²) in [6.07, 6.45) is 9.42. The Morgan fingerprint density at radius 1 is 1.03 bits per heavy atom. The van der Waals surface area contributed by atoms with Crippen molar-refractivity contribution in [3.63, 3.8) is 0 Å². The summed E-state index contributed by atoms with van der Waals surface area (Å²) in [6.45, 7) is -0.292. The molecule has 0 bridgehead atoms. The number of ether oxygens (including phenoxy) is 1. The Balaban J connectivity index is 1.41. The van der Waals surface area contributed by atoms with Crippen molar-refractivity contribution in [3.05, 3.63) is 23.9 Å². The Morgan fingerprint density at radius 2 is 1.78 bits per heavy atom. The van der Waals surface area contributed by atoms with Crippen LogP contribution in [0.2, 0.25) is 0 Å². The number of hydrogen-bond acceptors (Lipinski definition) is 8. The zero-order chi connectivity index (χ0) is 22.9. The van der Waals surface area contributed by atoms with E-state index < -0.39 is 32.4 Å². The molecule has 1 amide bonds. The highest BCUT2D eigenvalue weighted by Crippen LogP contribution is 2.28. The van der Waals surface area contributed by atoms with Crippen molar-refractivity contribution in [2.24, 2.45) is 4.40 Å². The van der Waals surface area contributed by atoms with E-state index in [0.29, 0.717) is 6.42 Å². The molecule has 3 heterocycles. The van der Waals surface area contributed by atoms with E-state index in [9.17, 15) is 26.4 Å². The number of sulfonamides is 1. The highest BCUT2D eigenvalue weighted by atomic mass is 32.2. The maximum Gasteiger partial charge on any atom is 0.340 e. The van der Waals surface area contributed by atoms with E-state index in [1.807, 2.05) is 0 Å². The lowest BCUT2D eigenvalue weighted by molar-refractivity contribution is -0.151. The van der Waals surface area contributed by atoms with E-state index >= 15 is 0 Å². The third kappa shape index (κ3) is 5.22. The number of fused-ring (bicyclic) bond motifs is 1. The summed E-state index contributed by atoms with van der Waals surface area (Å²) in [4.78, 5) is 28.8. The molecular formula is C20H27N3O7S2. The maximum atomic E-state index is 13.0. The first-order valence-electron chi connectivity index (χ1n) is 10.8. The molecule has 4 aliphatic rings. The summed E-state index contributed by atoms with van der Waals surface area (Å²) < 4.78 is 56.1. The minimum Gasteiger partial charge on any atom is -0.452 e. The van der Waals surface area contributed by atoms with Crippen LogP contribution in [0.15, 0.2) is 28.3 Å². The van der Waals surface area contributed by atoms with Crippen molar-refractivity contribution in [1.82, 2.24) is 9.80 Å². The first kappa shape index (κ1) is 23.0. The Labute approximate surface area is 188 Å². The van der Waals surface area contributed by atoms with Crippen LogP contribution in [-0.4, -0.2) is 86.8 Å². The lowest BCUT2D eigenvalue weighted by Gasteiger charge is -2.38. The largest absolute Gasteiger partial charge is 0.452 e.